The minimum Gasteiger partial charge on any atom is -0.300 e. The number of rotatable bonds is 3. The first-order chi connectivity index (χ1) is 9.97. The summed E-state index contributed by atoms with van der Waals surface area (Å²) >= 11 is 0. The molecule has 0 aliphatic carbocycles. The lowest BCUT2D eigenvalue weighted by atomic mass is 10.0. The quantitative estimate of drug-likeness (QED) is 0.817. The highest BCUT2D eigenvalue weighted by molar-refractivity contribution is 7.91. The summed E-state index contributed by atoms with van der Waals surface area (Å²) in [5.41, 5.74) is 0.455. The van der Waals surface area contributed by atoms with Crippen molar-refractivity contribution in [2.45, 2.75) is 30.3 Å². The van der Waals surface area contributed by atoms with Gasteiger partial charge in [-0.15, -0.1) is 10.2 Å². The molecule has 21 heavy (non-hydrogen) atoms. The van der Waals surface area contributed by atoms with Crippen LogP contribution in [0.2, 0.25) is 0 Å². The third-order valence-electron chi connectivity index (χ3n) is 3.56. The van der Waals surface area contributed by atoms with Crippen LogP contribution in [0.15, 0.2) is 23.1 Å². The molecular weight excluding hydrogens is 297 g/mol. The maximum absolute atomic E-state index is 13.5. The highest BCUT2D eigenvalue weighted by Gasteiger charge is 2.31. The summed E-state index contributed by atoms with van der Waals surface area (Å²) in [4.78, 5) is 0.188. The van der Waals surface area contributed by atoms with Gasteiger partial charge in [0.2, 0.25) is 0 Å². The van der Waals surface area contributed by atoms with E-state index in [1.165, 1.54) is 18.2 Å². The Balaban J connectivity index is 1.93. The van der Waals surface area contributed by atoms with Gasteiger partial charge in [0.15, 0.2) is 15.7 Å². The highest BCUT2D eigenvalue weighted by Crippen LogP contribution is 2.33. The second-order valence-corrected chi connectivity index (χ2v) is 7.08. The molecular formula is C12H14FN5O2S. The second-order valence-electron chi connectivity index (χ2n) is 5.00. The first-order valence-corrected chi connectivity index (χ1v) is 8.14. The fourth-order valence-electron chi connectivity index (χ4n) is 2.52. The molecule has 1 aromatic carbocycles. The SMILES string of the molecule is CC(NC1CCS(=O)(=O)c2ccc(F)cc21)c1nn[nH]n1. The first kappa shape index (κ1) is 14.1. The molecule has 1 aliphatic heterocycles. The molecule has 0 fully saturated rings. The fraction of sp³-hybridized carbons (Fsp3) is 0.417. The average Bonchev–Trinajstić information content (AvgIpc) is 2.96. The molecule has 1 aromatic heterocycles. The van der Waals surface area contributed by atoms with Gasteiger partial charge < -0.3 is 5.32 Å². The Kier molecular flexibility index (Phi) is 3.46. The topological polar surface area (TPSA) is 101 Å². The number of H-pyrrole nitrogens is 1. The van der Waals surface area contributed by atoms with Crippen molar-refractivity contribution in [3.8, 4) is 0 Å². The lowest BCUT2D eigenvalue weighted by Crippen LogP contribution is -2.32. The van der Waals surface area contributed by atoms with Crippen LogP contribution in [0.25, 0.3) is 0 Å². The smallest absolute Gasteiger partial charge is 0.191 e. The van der Waals surface area contributed by atoms with Crippen molar-refractivity contribution in [1.82, 2.24) is 25.9 Å². The summed E-state index contributed by atoms with van der Waals surface area (Å²) in [5.74, 6) is 0.0497. The van der Waals surface area contributed by atoms with Gasteiger partial charge in [-0.3, -0.25) is 0 Å². The maximum atomic E-state index is 13.5. The number of fused-ring (bicyclic) bond motifs is 1. The van der Waals surface area contributed by atoms with Crippen molar-refractivity contribution in [1.29, 1.82) is 0 Å². The van der Waals surface area contributed by atoms with Crippen LogP contribution in [0.5, 0.6) is 0 Å². The first-order valence-electron chi connectivity index (χ1n) is 6.49. The van der Waals surface area contributed by atoms with Crippen LogP contribution in [-0.4, -0.2) is 34.8 Å². The second kappa shape index (κ2) is 5.15. The molecule has 0 radical (unpaired) electrons. The number of hydrogen-bond acceptors (Lipinski definition) is 6. The Bertz CT molecular complexity index is 747. The lowest BCUT2D eigenvalue weighted by Gasteiger charge is -2.28. The van der Waals surface area contributed by atoms with E-state index in [4.69, 9.17) is 0 Å². The molecule has 0 saturated heterocycles. The number of tetrazole rings is 1. The largest absolute Gasteiger partial charge is 0.300 e. The number of nitrogens with zero attached hydrogens (tertiary/aromatic N) is 3. The molecule has 9 heteroatoms. The maximum Gasteiger partial charge on any atom is 0.191 e. The Morgan fingerprint density at radius 2 is 2.29 bits per heavy atom. The molecule has 0 amide bonds. The molecule has 2 N–H and O–H groups in total. The van der Waals surface area contributed by atoms with Gasteiger partial charge in [0.05, 0.1) is 16.7 Å². The van der Waals surface area contributed by atoms with E-state index in [0.717, 1.165) is 0 Å². The molecule has 2 aromatic rings. The van der Waals surface area contributed by atoms with Gasteiger partial charge in [-0.1, -0.05) is 5.21 Å². The number of halogens is 1. The van der Waals surface area contributed by atoms with Crippen molar-refractivity contribution in [2.75, 3.05) is 5.75 Å². The molecule has 0 saturated carbocycles. The highest BCUT2D eigenvalue weighted by atomic mass is 32.2. The minimum absolute atomic E-state index is 0.0300. The molecule has 3 rings (SSSR count). The van der Waals surface area contributed by atoms with Gasteiger partial charge in [-0.2, -0.15) is 5.21 Å². The number of nitrogens with one attached hydrogen (secondary N) is 2. The monoisotopic (exact) mass is 311 g/mol. The predicted octanol–water partition coefficient (Wildman–Crippen LogP) is 0.908. The van der Waals surface area contributed by atoms with Crippen LogP contribution in [0, 0.1) is 5.82 Å². The van der Waals surface area contributed by atoms with E-state index >= 15 is 0 Å². The number of hydrogen-bond donors (Lipinski definition) is 2. The Labute approximate surface area is 120 Å². The summed E-state index contributed by atoms with van der Waals surface area (Å²) in [6, 6.07) is 3.26. The summed E-state index contributed by atoms with van der Waals surface area (Å²) in [5, 5.41) is 16.8. The average molecular weight is 311 g/mol. The summed E-state index contributed by atoms with van der Waals surface area (Å²) < 4.78 is 37.6. The Morgan fingerprint density at radius 1 is 1.48 bits per heavy atom. The Hall–Kier alpha value is -1.87. The van der Waals surface area contributed by atoms with Crippen LogP contribution in [0.4, 0.5) is 4.39 Å². The molecule has 2 heterocycles. The molecule has 7 nitrogen and oxygen atoms in total. The van der Waals surface area contributed by atoms with Gasteiger partial charge in [0.25, 0.3) is 0 Å². The number of aromatic nitrogens is 4. The van der Waals surface area contributed by atoms with Crippen LogP contribution in [0.1, 0.15) is 36.8 Å². The zero-order chi connectivity index (χ0) is 15.0. The van der Waals surface area contributed by atoms with Crippen LogP contribution in [-0.2, 0) is 9.84 Å². The molecule has 2 unspecified atom stereocenters. The molecule has 0 bridgehead atoms. The zero-order valence-electron chi connectivity index (χ0n) is 11.2. The van der Waals surface area contributed by atoms with Crippen LogP contribution in [0.3, 0.4) is 0 Å². The lowest BCUT2D eigenvalue weighted by molar-refractivity contribution is 0.427. The summed E-state index contributed by atoms with van der Waals surface area (Å²) in [7, 11) is -3.34. The Morgan fingerprint density at radius 3 is 3.00 bits per heavy atom. The number of benzene rings is 1. The van der Waals surface area contributed by atoms with Gasteiger partial charge in [-0.05, 0) is 37.1 Å². The molecule has 112 valence electrons. The zero-order valence-corrected chi connectivity index (χ0v) is 12.1. The van der Waals surface area contributed by atoms with Gasteiger partial charge in [0, 0.05) is 6.04 Å². The van der Waals surface area contributed by atoms with Gasteiger partial charge in [-0.25, -0.2) is 12.8 Å². The number of sulfone groups is 1. The van der Waals surface area contributed by atoms with E-state index in [1.54, 1.807) is 0 Å². The van der Waals surface area contributed by atoms with Crippen molar-refractivity contribution in [3.05, 3.63) is 35.4 Å². The van der Waals surface area contributed by atoms with Crippen molar-refractivity contribution in [2.24, 2.45) is 0 Å². The molecule has 1 aliphatic rings. The van der Waals surface area contributed by atoms with E-state index in [-0.39, 0.29) is 22.7 Å². The van der Waals surface area contributed by atoms with Crippen molar-refractivity contribution < 1.29 is 12.8 Å². The third kappa shape index (κ3) is 2.66. The predicted molar refractivity (Wildman–Crippen MR) is 71.5 cm³/mol. The standard InChI is InChI=1S/C12H14FN5O2S/c1-7(12-15-17-18-16-12)14-10-4-5-21(19,20)11-3-2-8(13)6-9(10)11/h2-3,6-7,10,14H,4-5H2,1H3,(H,15,16,17,18). The summed E-state index contributed by atoms with van der Waals surface area (Å²) in [6.07, 6.45) is 0.376. The number of aromatic amines is 1. The van der Waals surface area contributed by atoms with E-state index in [2.05, 4.69) is 25.9 Å². The van der Waals surface area contributed by atoms with E-state index < -0.39 is 15.7 Å². The summed E-state index contributed by atoms with van der Waals surface area (Å²) in [6.45, 7) is 1.84. The van der Waals surface area contributed by atoms with Crippen molar-refractivity contribution >= 4 is 9.84 Å². The van der Waals surface area contributed by atoms with E-state index in [0.29, 0.717) is 17.8 Å². The third-order valence-corrected chi connectivity index (χ3v) is 5.37. The molecule has 2 atom stereocenters. The van der Waals surface area contributed by atoms with Gasteiger partial charge >= 0.3 is 0 Å². The minimum atomic E-state index is -3.34. The normalized spacial score (nSPS) is 21.7. The van der Waals surface area contributed by atoms with Crippen LogP contribution < -0.4 is 5.32 Å². The van der Waals surface area contributed by atoms with Crippen LogP contribution >= 0.6 is 0 Å². The van der Waals surface area contributed by atoms with Gasteiger partial charge in [0.1, 0.15) is 5.82 Å². The van der Waals surface area contributed by atoms with E-state index in [9.17, 15) is 12.8 Å². The fourth-order valence-corrected chi connectivity index (χ4v) is 4.12. The van der Waals surface area contributed by atoms with E-state index in [1.807, 2.05) is 6.92 Å². The molecule has 0 spiro atoms. The van der Waals surface area contributed by atoms with Crippen molar-refractivity contribution in [3.63, 3.8) is 0 Å².